The third kappa shape index (κ3) is 4.77. The van der Waals surface area contributed by atoms with E-state index in [0.717, 1.165) is 12.8 Å². The van der Waals surface area contributed by atoms with Gasteiger partial charge in [-0.1, -0.05) is 0 Å². The summed E-state index contributed by atoms with van der Waals surface area (Å²) in [4.78, 5) is 2.17. The van der Waals surface area contributed by atoms with Gasteiger partial charge in [0, 0.05) is 6.04 Å². The minimum Gasteiger partial charge on any atom is -0.393 e. The lowest BCUT2D eigenvalue weighted by molar-refractivity contribution is 0.165. The number of nitrogens with zero attached hydrogens (tertiary/aromatic N) is 1. The molecule has 0 amide bonds. The molecule has 0 heterocycles. The zero-order valence-corrected chi connectivity index (χ0v) is 7.46. The summed E-state index contributed by atoms with van der Waals surface area (Å²) < 4.78 is 0. The molecule has 0 aliphatic heterocycles. The van der Waals surface area contributed by atoms with Crippen LogP contribution in [0.25, 0.3) is 0 Å². The van der Waals surface area contributed by atoms with Gasteiger partial charge in [-0.15, -0.1) is 0 Å². The Labute approximate surface area is 63.8 Å². The maximum absolute atomic E-state index is 8.96. The van der Waals surface area contributed by atoms with Gasteiger partial charge in [-0.05, 0) is 40.8 Å². The number of aliphatic hydroxyl groups is 1. The molecule has 0 spiro atoms. The molecule has 0 fully saturated rings. The first kappa shape index (κ1) is 9.92. The van der Waals surface area contributed by atoms with Crippen molar-refractivity contribution >= 4 is 0 Å². The highest BCUT2D eigenvalue weighted by molar-refractivity contribution is 4.60. The SMILES string of the molecule is C[C@H](CC[C@@H](C)O)N(C)C. The maximum Gasteiger partial charge on any atom is 0.0512 e. The summed E-state index contributed by atoms with van der Waals surface area (Å²) >= 11 is 0. The molecule has 0 aromatic rings. The lowest BCUT2D eigenvalue weighted by Gasteiger charge is -2.19. The third-order valence-corrected chi connectivity index (χ3v) is 1.88. The topological polar surface area (TPSA) is 23.5 Å². The van der Waals surface area contributed by atoms with Crippen molar-refractivity contribution in [3.8, 4) is 0 Å². The predicted molar refractivity (Wildman–Crippen MR) is 44.1 cm³/mol. The van der Waals surface area contributed by atoms with Gasteiger partial charge in [0.05, 0.1) is 6.10 Å². The van der Waals surface area contributed by atoms with Crippen molar-refractivity contribution < 1.29 is 5.11 Å². The normalized spacial score (nSPS) is 17.4. The first-order valence-electron chi connectivity index (χ1n) is 3.88. The highest BCUT2D eigenvalue weighted by atomic mass is 16.3. The zero-order chi connectivity index (χ0) is 8.15. The van der Waals surface area contributed by atoms with E-state index >= 15 is 0 Å². The molecule has 0 bridgehead atoms. The summed E-state index contributed by atoms with van der Waals surface area (Å²) in [5.74, 6) is 0. The maximum atomic E-state index is 8.96. The lowest BCUT2D eigenvalue weighted by Crippen LogP contribution is -2.25. The second-order valence-corrected chi connectivity index (χ2v) is 3.24. The lowest BCUT2D eigenvalue weighted by atomic mass is 10.1. The van der Waals surface area contributed by atoms with Crippen LogP contribution < -0.4 is 0 Å². The average molecular weight is 145 g/mol. The second-order valence-electron chi connectivity index (χ2n) is 3.24. The Morgan fingerprint density at radius 2 is 1.70 bits per heavy atom. The third-order valence-electron chi connectivity index (χ3n) is 1.88. The number of aliphatic hydroxyl groups excluding tert-OH is 1. The number of rotatable bonds is 4. The highest BCUT2D eigenvalue weighted by Crippen LogP contribution is 2.04. The van der Waals surface area contributed by atoms with Crippen molar-refractivity contribution in [3.63, 3.8) is 0 Å². The van der Waals surface area contributed by atoms with E-state index in [0.29, 0.717) is 6.04 Å². The van der Waals surface area contributed by atoms with Crippen molar-refractivity contribution in [2.45, 2.75) is 38.8 Å². The fourth-order valence-corrected chi connectivity index (χ4v) is 0.741. The van der Waals surface area contributed by atoms with Crippen molar-refractivity contribution in [3.05, 3.63) is 0 Å². The molecule has 2 atom stereocenters. The van der Waals surface area contributed by atoms with Crippen LogP contribution in [0.3, 0.4) is 0 Å². The first-order chi connectivity index (χ1) is 4.54. The van der Waals surface area contributed by atoms with E-state index in [4.69, 9.17) is 5.11 Å². The molecule has 0 unspecified atom stereocenters. The molecule has 0 radical (unpaired) electrons. The van der Waals surface area contributed by atoms with Crippen LogP contribution in [0.2, 0.25) is 0 Å². The van der Waals surface area contributed by atoms with Gasteiger partial charge < -0.3 is 10.0 Å². The van der Waals surface area contributed by atoms with Gasteiger partial charge >= 0.3 is 0 Å². The summed E-state index contributed by atoms with van der Waals surface area (Å²) in [6.45, 7) is 4.00. The molecule has 2 heteroatoms. The molecule has 62 valence electrons. The molecule has 1 N–H and O–H groups in total. The summed E-state index contributed by atoms with van der Waals surface area (Å²) in [5.41, 5.74) is 0. The fraction of sp³-hybridized carbons (Fsp3) is 1.00. The summed E-state index contributed by atoms with van der Waals surface area (Å²) in [5, 5.41) is 8.96. The smallest absolute Gasteiger partial charge is 0.0512 e. The van der Waals surface area contributed by atoms with Crippen LogP contribution in [-0.4, -0.2) is 36.2 Å². The summed E-state index contributed by atoms with van der Waals surface area (Å²) in [6.07, 6.45) is 1.83. The van der Waals surface area contributed by atoms with Crippen LogP contribution in [0.15, 0.2) is 0 Å². The molecule has 0 aliphatic rings. The minimum absolute atomic E-state index is 0.151. The van der Waals surface area contributed by atoms with E-state index in [2.05, 4.69) is 25.9 Å². The minimum atomic E-state index is -0.151. The molecule has 0 aromatic carbocycles. The van der Waals surface area contributed by atoms with Gasteiger partial charge in [0.15, 0.2) is 0 Å². The Bertz CT molecular complexity index is 81.3. The number of hydrogen-bond acceptors (Lipinski definition) is 2. The van der Waals surface area contributed by atoms with Crippen molar-refractivity contribution in [2.24, 2.45) is 0 Å². The fourth-order valence-electron chi connectivity index (χ4n) is 0.741. The van der Waals surface area contributed by atoms with Crippen molar-refractivity contribution in [1.29, 1.82) is 0 Å². The molecule has 0 saturated carbocycles. The van der Waals surface area contributed by atoms with E-state index in [-0.39, 0.29) is 6.10 Å². The van der Waals surface area contributed by atoms with Gasteiger partial charge in [-0.3, -0.25) is 0 Å². The van der Waals surface area contributed by atoms with Crippen molar-refractivity contribution in [1.82, 2.24) is 4.90 Å². The molecule has 0 aliphatic carbocycles. The molecular weight excluding hydrogens is 126 g/mol. The van der Waals surface area contributed by atoms with Crippen LogP contribution >= 0.6 is 0 Å². The zero-order valence-electron chi connectivity index (χ0n) is 7.46. The molecule has 0 saturated heterocycles. The van der Waals surface area contributed by atoms with Crippen LogP contribution in [0.5, 0.6) is 0 Å². The number of hydrogen-bond donors (Lipinski definition) is 1. The summed E-state index contributed by atoms with van der Waals surface area (Å²) in [7, 11) is 4.12. The second kappa shape index (κ2) is 4.69. The monoisotopic (exact) mass is 145 g/mol. The predicted octanol–water partition coefficient (Wildman–Crippen LogP) is 1.10. The largest absolute Gasteiger partial charge is 0.393 e. The Morgan fingerprint density at radius 1 is 1.20 bits per heavy atom. The van der Waals surface area contributed by atoms with Gasteiger partial charge in [0.2, 0.25) is 0 Å². The standard InChI is InChI=1S/C8H19NO/c1-7(9(3)4)5-6-8(2)10/h7-8,10H,5-6H2,1-4H3/t7-,8-/m1/s1. The van der Waals surface area contributed by atoms with Crippen LogP contribution in [0.1, 0.15) is 26.7 Å². The molecule has 0 aromatic heterocycles. The van der Waals surface area contributed by atoms with E-state index in [1.165, 1.54) is 0 Å². The van der Waals surface area contributed by atoms with Crippen LogP contribution in [0, 0.1) is 0 Å². The van der Waals surface area contributed by atoms with Crippen LogP contribution in [-0.2, 0) is 0 Å². The van der Waals surface area contributed by atoms with Gasteiger partial charge in [0.25, 0.3) is 0 Å². The van der Waals surface area contributed by atoms with E-state index in [1.54, 1.807) is 0 Å². The Balaban J connectivity index is 3.30. The van der Waals surface area contributed by atoms with E-state index < -0.39 is 0 Å². The van der Waals surface area contributed by atoms with Gasteiger partial charge in [-0.25, -0.2) is 0 Å². The molecular formula is C8H19NO. The van der Waals surface area contributed by atoms with Gasteiger partial charge in [-0.2, -0.15) is 0 Å². The van der Waals surface area contributed by atoms with E-state index in [9.17, 15) is 0 Å². The quantitative estimate of drug-likeness (QED) is 0.640. The van der Waals surface area contributed by atoms with Crippen LogP contribution in [0.4, 0.5) is 0 Å². The average Bonchev–Trinajstić information content (AvgIpc) is 1.82. The van der Waals surface area contributed by atoms with Gasteiger partial charge in [0.1, 0.15) is 0 Å². The molecule has 10 heavy (non-hydrogen) atoms. The first-order valence-corrected chi connectivity index (χ1v) is 3.88. The Kier molecular flexibility index (Phi) is 4.65. The molecule has 0 rings (SSSR count). The molecule has 2 nitrogen and oxygen atoms in total. The van der Waals surface area contributed by atoms with E-state index in [1.807, 2.05) is 6.92 Å². The summed E-state index contributed by atoms with van der Waals surface area (Å²) in [6, 6.07) is 0.578. The Hall–Kier alpha value is -0.0800. The van der Waals surface area contributed by atoms with Crippen molar-refractivity contribution in [2.75, 3.05) is 14.1 Å². The Morgan fingerprint density at radius 3 is 2.00 bits per heavy atom. The highest BCUT2D eigenvalue weighted by Gasteiger charge is 2.05.